The van der Waals surface area contributed by atoms with Crippen molar-refractivity contribution in [3.63, 3.8) is 0 Å². The Labute approximate surface area is 229 Å². The SMILES string of the molecule is CO/C(=C\C(=N)c1c(Cl)cccc1Cl)c1cc(N(CCC(=O)N2CCOCC2)C(=O)C(Cl)Cl)ccn1. The highest BCUT2D eigenvalue weighted by molar-refractivity contribution is 6.54. The van der Waals surface area contributed by atoms with Crippen LogP contribution >= 0.6 is 46.4 Å². The van der Waals surface area contributed by atoms with E-state index in [9.17, 15) is 9.59 Å². The molecule has 1 N–H and O–H groups in total. The summed E-state index contributed by atoms with van der Waals surface area (Å²) in [6.07, 6.45) is 2.98. The third-order valence-electron chi connectivity index (χ3n) is 5.40. The average Bonchev–Trinajstić information content (AvgIpc) is 2.87. The summed E-state index contributed by atoms with van der Waals surface area (Å²) in [7, 11) is 1.43. The molecule has 2 amide bonds. The summed E-state index contributed by atoms with van der Waals surface area (Å²) in [4.78, 5) is 31.5. The van der Waals surface area contributed by atoms with E-state index in [0.29, 0.717) is 53.3 Å². The molecule has 1 fully saturated rings. The van der Waals surface area contributed by atoms with Crippen LogP contribution in [0.4, 0.5) is 5.69 Å². The van der Waals surface area contributed by atoms with Gasteiger partial charge in [-0.3, -0.25) is 14.6 Å². The van der Waals surface area contributed by atoms with Crippen LogP contribution in [0.3, 0.4) is 0 Å². The number of alkyl halides is 2. The molecule has 0 saturated carbocycles. The first-order valence-electron chi connectivity index (χ1n) is 10.9. The normalized spacial score (nSPS) is 14.1. The van der Waals surface area contributed by atoms with Crippen molar-refractivity contribution >= 4 is 75.4 Å². The van der Waals surface area contributed by atoms with E-state index in [-0.39, 0.29) is 30.3 Å². The van der Waals surface area contributed by atoms with Crippen LogP contribution in [0.2, 0.25) is 10.0 Å². The highest BCUT2D eigenvalue weighted by Crippen LogP contribution is 2.27. The molecule has 12 heteroatoms. The molecule has 1 aromatic heterocycles. The van der Waals surface area contributed by atoms with Gasteiger partial charge in [0.15, 0.2) is 4.84 Å². The third-order valence-corrected chi connectivity index (χ3v) is 6.40. The van der Waals surface area contributed by atoms with E-state index in [2.05, 4.69) is 4.98 Å². The van der Waals surface area contributed by atoms with Crippen LogP contribution in [-0.2, 0) is 19.1 Å². The minimum Gasteiger partial charge on any atom is -0.494 e. The number of carbonyl (C=O) groups excluding carboxylic acids is 2. The van der Waals surface area contributed by atoms with Crippen LogP contribution in [0.15, 0.2) is 42.6 Å². The monoisotopic (exact) mass is 572 g/mol. The van der Waals surface area contributed by atoms with Crippen molar-refractivity contribution in [1.82, 2.24) is 9.88 Å². The number of hydrogen-bond donors (Lipinski definition) is 1. The summed E-state index contributed by atoms with van der Waals surface area (Å²) in [5, 5.41) is 9.10. The van der Waals surface area contributed by atoms with E-state index < -0.39 is 10.7 Å². The molecule has 0 atom stereocenters. The van der Waals surface area contributed by atoms with Crippen molar-refractivity contribution in [2.75, 3.05) is 44.9 Å². The van der Waals surface area contributed by atoms with Crippen molar-refractivity contribution in [2.45, 2.75) is 11.3 Å². The van der Waals surface area contributed by atoms with E-state index in [1.807, 2.05) is 0 Å². The topological polar surface area (TPSA) is 95.8 Å². The van der Waals surface area contributed by atoms with Crippen molar-refractivity contribution in [2.24, 2.45) is 0 Å². The lowest BCUT2D eigenvalue weighted by molar-refractivity contribution is -0.135. The van der Waals surface area contributed by atoms with E-state index in [1.54, 1.807) is 35.2 Å². The van der Waals surface area contributed by atoms with Crippen molar-refractivity contribution in [3.8, 4) is 0 Å². The summed E-state index contributed by atoms with van der Waals surface area (Å²) in [5.41, 5.74) is 1.11. The Morgan fingerprint density at radius 3 is 2.50 bits per heavy atom. The van der Waals surface area contributed by atoms with Gasteiger partial charge in [0.05, 0.1) is 36.1 Å². The Hall–Kier alpha value is -2.36. The fourth-order valence-electron chi connectivity index (χ4n) is 3.58. The second-order valence-corrected chi connectivity index (χ2v) is 9.57. The summed E-state index contributed by atoms with van der Waals surface area (Å²) >= 11 is 24.2. The molecular formula is C24H24Cl4N4O4. The van der Waals surface area contributed by atoms with Crippen molar-refractivity contribution in [1.29, 1.82) is 5.41 Å². The molecule has 0 unspecified atom stereocenters. The number of allylic oxidation sites excluding steroid dienone is 1. The lowest BCUT2D eigenvalue weighted by Gasteiger charge is -2.29. The first kappa shape index (κ1) is 28.2. The van der Waals surface area contributed by atoms with Gasteiger partial charge in [-0.2, -0.15) is 0 Å². The van der Waals surface area contributed by atoms with Crippen LogP contribution < -0.4 is 4.90 Å². The Morgan fingerprint density at radius 2 is 1.89 bits per heavy atom. The Bertz CT molecular complexity index is 1130. The van der Waals surface area contributed by atoms with Gasteiger partial charge in [-0.15, -0.1) is 0 Å². The number of halogens is 4. The predicted octanol–water partition coefficient (Wildman–Crippen LogP) is 4.83. The van der Waals surface area contributed by atoms with E-state index in [0.717, 1.165) is 0 Å². The lowest BCUT2D eigenvalue weighted by atomic mass is 10.1. The lowest BCUT2D eigenvalue weighted by Crippen LogP contribution is -2.43. The second kappa shape index (κ2) is 13.3. The number of pyridine rings is 1. The van der Waals surface area contributed by atoms with Gasteiger partial charge in [-0.05, 0) is 24.3 Å². The van der Waals surface area contributed by atoms with Crippen LogP contribution in [0.5, 0.6) is 0 Å². The molecule has 0 bridgehead atoms. The number of methoxy groups -OCH3 is 1. The van der Waals surface area contributed by atoms with Crippen LogP contribution in [-0.4, -0.2) is 72.2 Å². The fourth-order valence-corrected chi connectivity index (χ4v) is 4.42. The number of benzene rings is 1. The van der Waals surface area contributed by atoms with Crippen LogP contribution in [0.1, 0.15) is 17.7 Å². The number of nitrogens with one attached hydrogen (secondary N) is 1. The molecule has 0 aliphatic carbocycles. The number of aromatic nitrogens is 1. The molecule has 1 aliphatic heterocycles. The largest absolute Gasteiger partial charge is 0.494 e. The molecular weight excluding hydrogens is 550 g/mol. The van der Waals surface area contributed by atoms with E-state index in [1.165, 1.54) is 24.3 Å². The summed E-state index contributed by atoms with van der Waals surface area (Å²) in [5.74, 6) is -0.444. The number of anilines is 1. The quantitative estimate of drug-likeness (QED) is 0.263. The second-order valence-electron chi connectivity index (χ2n) is 7.66. The van der Waals surface area contributed by atoms with Crippen molar-refractivity contribution < 1.29 is 19.1 Å². The molecule has 2 heterocycles. The highest BCUT2D eigenvalue weighted by atomic mass is 35.5. The van der Waals surface area contributed by atoms with Gasteiger partial charge in [0, 0.05) is 49.6 Å². The number of amides is 2. The van der Waals surface area contributed by atoms with Gasteiger partial charge in [0.25, 0.3) is 5.91 Å². The molecule has 2 aromatic rings. The fraction of sp³-hybridized carbons (Fsp3) is 0.333. The molecule has 1 saturated heterocycles. The number of rotatable bonds is 9. The number of carbonyl (C=O) groups is 2. The number of nitrogens with zero attached hydrogens (tertiary/aromatic N) is 3. The first-order chi connectivity index (χ1) is 17.2. The maximum atomic E-state index is 12.8. The van der Waals surface area contributed by atoms with Crippen LogP contribution in [0, 0.1) is 5.41 Å². The molecule has 1 aromatic carbocycles. The van der Waals surface area contributed by atoms with E-state index >= 15 is 0 Å². The Balaban J connectivity index is 1.87. The molecule has 3 rings (SSSR count). The van der Waals surface area contributed by atoms with Gasteiger partial charge in [-0.25, -0.2) is 0 Å². The highest BCUT2D eigenvalue weighted by Gasteiger charge is 2.25. The van der Waals surface area contributed by atoms with Gasteiger partial charge in [0.1, 0.15) is 11.5 Å². The zero-order valence-electron chi connectivity index (χ0n) is 19.3. The number of ether oxygens (including phenoxy) is 2. The Kier molecular flexibility index (Phi) is 10.4. The van der Waals surface area contributed by atoms with Gasteiger partial charge >= 0.3 is 0 Å². The molecule has 1 aliphatic rings. The average molecular weight is 574 g/mol. The molecule has 192 valence electrons. The Morgan fingerprint density at radius 1 is 1.22 bits per heavy atom. The molecule has 0 spiro atoms. The third kappa shape index (κ3) is 7.11. The minimum atomic E-state index is -1.33. The molecule has 36 heavy (non-hydrogen) atoms. The summed E-state index contributed by atoms with van der Waals surface area (Å²) in [6, 6.07) is 8.13. The molecule has 0 radical (unpaired) electrons. The minimum absolute atomic E-state index is 0.0141. The standard InChI is InChI=1S/C24H24Cl4N4O4/c1-35-20(14-18(29)22-16(25)3-2-4-17(22)26)19-13-15(5-7-30-19)32(24(34)23(27)28)8-6-21(33)31-9-11-36-12-10-31/h2-5,7,13-14,23,29H,6,8-12H2,1H3/b20-14-,29-18?. The zero-order chi connectivity index (χ0) is 26.2. The summed E-state index contributed by atoms with van der Waals surface area (Å²) in [6.45, 7) is 2.03. The van der Waals surface area contributed by atoms with Gasteiger partial charge < -0.3 is 24.7 Å². The maximum absolute atomic E-state index is 12.8. The molecule has 8 nitrogen and oxygen atoms in total. The number of hydrogen-bond acceptors (Lipinski definition) is 6. The number of morpholine rings is 1. The van der Waals surface area contributed by atoms with E-state index in [4.69, 9.17) is 61.3 Å². The maximum Gasteiger partial charge on any atom is 0.260 e. The first-order valence-corrected chi connectivity index (χ1v) is 12.6. The van der Waals surface area contributed by atoms with Gasteiger partial charge in [-0.1, -0.05) is 52.5 Å². The van der Waals surface area contributed by atoms with Crippen LogP contribution in [0.25, 0.3) is 5.76 Å². The predicted molar refractivity (Wildman–Crippen MR) is 142 cm³/mol. The van der Waals surface area contributed by atoms with Gasteiger partial charge in [0.2, 0.25) is 5.91 Å². The van der Waals surface area contributed by atoms with Crippen molar-refractivity contribution in [3.05, 3.63) is 63.9 Å². The zero-order valence-corrected chi connectivity index (χ0v) is 22.4. The smallest absolute Gasteiger partial charge is 0.260 e. The summed E-state index contributed by atoms with van der Waals surface area (Å²) < 4.78 is 10.8.